The van der Waals surface area contributed by atoms with Gasteiger partial charge < -0.3 is 9.47 Å². The summed E-state index contributed by atoms with van der Waals surface area (Å²) in [5, 5.41) is 10.1. The fraction of sp³-hybridized carbons (Fsp3) is 0. The average molecular weight is 789 g/mol. The second-order valence-electron chi connectivity index (χ2n) is 16.1. The molecular formula is C60H40N2. The number of rotatable bonds is 7. The Balaban J connectivity index is 1.03. The van der Waals surface area contributed by atoms with Crippen LogP contribution < -0.4 is 4.90 Å². The maximum atomic E-state index is 2.46. The molecule has 12 aromatic rings. The predicted molar refractivity (Wildman–Crippen MR) is 264 cm³/mol. The van der Waals surface area contributed by atoms with Crippen LogP contribution in [0.2, 0.25) is 0 Å². The first-order valence-electron chi connectivity index (χ1n) is 21.3. The molecule has 12 rings (SSSR count). The molecule has 290 valence electrons. The van der Waals surface area contributed by atoms with Crippen molar-refractivity contribution in [2.75, 3.05) is 4.90 Å². The number of benzene rings is 11. The zero-order valence-electron chi connectivity index (χ0n) is 34.0. The van der Waals surface area contributed by atoms with Crippen LogP contribution in [0.3, 0.4) is 0 Å². The highest BCUT2D eigenvalue weighted by molar-refractivity contribution is 6.21. The quantitative estimate of drug-likeness (QED) is 0.146. The summed E-state index contributed by atoms with van der Waals surface area (Å²) in [5.74, 6) is 0. The highest BCUT2D eigenvalue weighted by atomic mass is 15.1. The lowest BCUT2D eigenvalue weighted by atomic mass is 9.92. The molecule has 2 nitrogen and oxygen atoms in total. The van der Waals surface area contributed by atoms with Gasteiger partial charge in [0.25, 0.3) is 0 Å². The van der Waals surface area contributed by atoms with Crippen LogP contribution in [-0.2, 0) is 0 Å². The van der Waals surface area contributed by atoms with Gasteiger partial charge in [-0.25, -0.2) is 0 Å². The zero-order valence-corrected chi connectivity index (χ0v) is 34.0. The van der Waals surface area contributed by atoms with Gasteiger partial charge in [0.05, 0.1) is 16.7 Å². The molecule has 0 atom stereocenters. The molecule has 0 amide bonds. The molecule has 0 spiro atoms. The van der Waals surface area contributed by atoms with Crippen molar-refractivity contribution in [3.05, 3.63) is 243 Å². The third-order valence-electron chi connectivity index (χ3n) is 12.6. The normalized spacial score (nSPS) is 11.5. The molecule has 0 bridgehead atoms. The van der Waals surface area contributed by atoms with Gasteiger partial charge >= 0.3 is 0 Å². The number of hydrogen-bond acceptors (Lipinski definition) is 1. The van der Waals surface area contributed by atoms with Gasteiger partial charge in [-0.1, -0.05) is 182 Å². The van der Waals surface area contributed by atoms with Crippen LogP contribution in [0.25, 0.3) is 93.2 Å². The van der Waals surface area contributed by atoms with E-state index in [1.54, 1.807) is 0 Å². The molecule has 0 aliphatic heterocycles. The standard InChI is InChI=1S/C60H40N2/c1-3-17-41(18-4-1)56-40-47(36-37-52(56)53-27-13-15-29-57(53)62-58-30-16-14-28-54(58)60-49-24-10-7-19-42(49)33-38-59(60)62)61(45-21-5-2-6-22-45)46-34-31-43(32-35-46)55-39-44-20-8-9-23-48(44)50-25-11-12-26-51(50)55/h1-40H. The Morgan fingerprint density at radius 1 is 0.274 bits per heavy atom. The number of nitrogens with zero attached hydrogens (tertiary/aromatic N) is 2. The first-order valence-corrected chi connectivity index (χ1v) is 21.3. The van der Waals surface area contributed by atoms with Gasteiger partial charge in [0.15, 0.2) is 0 Å². The second-order valence-corrected chi connectivity index (χ2v) is 16.1. The van der Waals surface area contributed by atoms with Gasteiger partial charge in [-0.2, -0.15) is 0 Å². The molecule has 0 aliphatic rings. The first-order chi connectivity index (χ1) is 30.8. The van der Waals surface area contributed by atoms with Crippen molar-refractivity contribution in [2.24, 2.45) is 0 Å². The van der Waals surface area contributed by atoms with Gasteiger partial charge in [0.2, 0.25) is 0 Å². The molecule has 0 saturated carbocycles. The lowest BCUT2D eigenvalue weighted by Gasteiger charge is -2.27. The maximum absolute atomic E-state index is 2.46. The summed E-state index contributed by atoms with van der Waals surface area (Å²) in [6.07, 6.45) is 0. The van der Waals surface area contributed by atoms with E-state index < -0.39 is 0 Å². The van der Waals surface area contributed by atoms with Crippen molar-refractivity contribution in [1.82, 2.24) is 4.57 Å². The van der Waals surface area contributed by atoms with E-state index in [4.69, 9.17) is 0 Å². The molecule has 1 aromatic heterocycles. The van der Waals surface area contributed by atoms with E-state index in [1.807, 2.05) is 0 Å². The van der Waals surface area contributed by atoms with Crippen molar-refractivity contribution in [1.29, 1.82) is 0 Å². The van der Waals surface area contributed by atoms with E-state index in [0.29, 0.717) is 0 Å². The third kappa shape index (κ3) is 5.88. The van der Waals surface area contributed by atoms with E-state index >= 15 is 0 Å². The van der Waals surface area contributed by atoms with Crippen LogP contribution in [0.4, 0.5) is 17.1 Å². The minimum absolute atomic E-state index is 1.09. The molecule has 62 heavy (non-hydrogen) atoms. The fourth-order valence-corrected chi connectivity index (χ4v) is 9.77. The zero-order chi connectivity index (χ0) is 41.0. The van der Waals surface area contributed by atoms with E-state index in [0.717, 1.165) is 22.7 Å². The Bertz CT molecular complexity index is 3620. The summed E-state index contributed by atoms with van der Waals surface area (Å²) in [4.78, 5) is 2.38. The summed E-state index contributed by atoms with van der Waals surface area (Å²) in [7, 11) is 0. The molecule has 2 heteroatoms. The molecule has 1 heterocycles. The molecule has 0 fully saturated rings. The molecule has 0 saturated heterocycles. The van der Waals surface area contributed by atoms with Crippen LogP contribution in [0, 0.1) is 0 Å². The molecule has 0 unspecified atom stereocenters. The number of fused-ring (bicyclic) bond motifs is 8. The van der Waals surface area contributed by atoms with Crippen LogP contribution in [0.1, 0.15) is 0 Å². The molecular weight excluding hydrogens is 749 g/mol. The largest absolute Gasteiger partial charge is 0.310 e. The number of anilines is 3. The number of aromatic nitrogens is 1. The predicted octanol–water partition coefficient (Wildman–Crippen LogP) is 16.7. The number of para-hydroxylation sites is 3. The molecule has 0 aliphatic carbocycles. The van der Waals surface area contributed by atoms with Gasteiger partial charge in [-0.15, -0.1) is 0 Å². The van der Waals surface area contributed by atoms with E-state index in [1.165, 1.54) is 87.5 Å². The Kier molecular flexibility index (Phi) is 8.53. The van der Waals surface area contributed by atoms with Gasteiger partial charge in [-0.05, 0) is 121 Å². The van der Waals surface area contributed by atoms with Crippen molar-refractivity contribution >= 4 is 71.2 Å². The Morgan fingerprint density at radius 3 is 1.66 bits per heavy atom. The Labute approximate surface area is 360 Å². The van der Waals surface area contributed by atoms with Crippen LogP contribution in [0.5, 0.6) is 0 Å². The Morgan fingerprint density at radius 2 is 0.855 bits per heavy atom. The van der Waals surface area contributed by atoms with Gasteiger partial charge in [-0.3, -0.25) is 0 Å². The van der Waals surface area contributed by atoms with E-state index in [9.17, 15) is 0 Å². The highest BCUT2D eigenvalue weighted by Crippen LogP contribution is 2.45. The summed E-state index contributed by atoms with van der Waals surface area (Å²) in [6.45, 7) is 0. The van der Waals surface area contributed by atoms with Crippen molar-refractivity contribution < 1.29 is 0 Å². The molecule has 0 N–H and O–H groups in total. The fourth-order valence-electron chi connectivity index (χ4n) is 9.77. The third-order valence-corrected chi connectivity index (χ3v) is 12.6. The highest BCUT2D eigenvalue weighted by Gasteiger charge is 2.21. The van der Waals surface area contributed by atoms with Crippen molar-refractivity contribution in [3.8, 4) is 39.1 Å². The second kappa shape index (κ2) is 14.8. The minimum Gasteiger partial charge on any atom is -0.310 e. The first kappa shape index (κ1) is 35.7. The maximum Gasteiger partial charge on any atom is 0.0547 e. The molecule has 0 radical (unpaired) electrons. The van der Waals surface area contributed by atoms with Crippen molar-refractivity contribution in [3.63, 3.8) is 0 Å². The van der Waals surface area contributed by atoms with Crippen LogP contribution in [-0.4, -0.2) is 4.57 Å². The summed E-state index contributed by atoms with van der Waals surface area (Å²) < 4.78 is 2.46. The SMILES string of the molecule is c1ccc(-c2cc(N(c3ccccc3)c3ccc(-c4cc5ccccc5c5ccccc45)cc3)ccc2-c2ccccc2-n2c3ccccc3c3c4ccccc4ccc32)cc1. The smallest absolute Gasteiger partial charge is 0.0547 e. The Hall–Kier alpha value is -8.20. The number of hydrogen-bond donors (Lipinski definition) is 0. The lowest BCUT2D eigenvalue weighted by molar-refractivity contribution is 1.18. The van der Waals surface area contributed by atoms with E-state index in [2.05, 4.69) is 252 Å². The lowest BCUT2D eigenvalue weighted by Crippen LogP contribution is -2.10. The summed E-state index contributed by atoms with van der Waals surface area (Å²) in [6, 6.07) is 88.4. The average Bonchev–Trinajstić information content (AvgIpc) is 3.69. The van der Waals surface area contributed by atoms with Crippen LogP contribution in [0.15, 0.2) is 243 Å². The van der Waals surface area contributed by atoms with Gasteiger partial charge in [0.1, 0.15) is 0 Å². The monoisotopic (exact) mass is 788 g/mol. The topological polar surface area (TPSA) is 8.17 Å². The van der Waals surface area contributed by atoms with Gasteiger partial charge in [0, 0.05) is 33.4 Å². The molecule has 11 aromatic carbocycles. The van der Waals surface area contributed by atoms with E-state index in [-0.39, 0.29) is 0 Å². The van der Waals surface area contributed by atoms with Crippen molar-refractivity contribution in [2.45, 2.75) is 0 Å². The minimum atomic E-state index is 1.09. The summed E-state index contributed by atoms with van der Waals surface area (Å²) >= 11 is 0. The summed E-state index contributed by atoms with van der Waals surface area (Å²) in [5.41, 5.74) is 13.9. The van der Waals surface area contributed by atoms with Crippen LogP contribution >= 0.6 is 0 Å².